The van der Waals surface area contributed by atoms with E-state index in [1.54, 1.807) is 0 Å². The highest BCUT2D eigenvalue weighted by Crippen LogP contribution is 2.46. The van der Waals surface area contributed by atoms with Crippen LogP contribution in [0.15, 0.2) is 0 Å². The van der Waals surface area contributed by atoms with Gasteiger partial charge < -0.3 is 30.4 Å². The minimum Gasteiger partial charge on any atom is -0.348 e. The second-order valence-corrected chi connectivity index (χ2v) is 5.58. The van der Waals surface area contributed by atoms with E-state index in [1.807, 2.05) is 0 Å². The summed E-state index contributed by atoms with van der Waals surface area (Å²) >= 11 is 0. The first-order chi connectivity index (χ1) is 8.69. The molecule has 4 atom stereocenters. The van der Waals surface area contributed by atoms with E-state index in [4.69, 9.17) is 30.4 Å². The van der Waals surface area contributed by atoms with Gasteiger partial charge in [0.1, 0.15) is 0 Å². The van der Waals surface area contributed by atoms with Gasteiger partial charge >= 0.3 is 0 Å². The van der Waals surface area contributed by atoms with Gasteiger partial charge in [-0.25, -0.2) is 0 Å². The summed E-state index contributed by atoms with van der Waals surface area (Å²) in [4.78, 5) is 0. The monoisotopic (exact) mass is 258 g/mol. The first-order valence-electron chi connectivity index (χ1n) is 6.68. The van der Waals surface area contributed by atoms with Gasteiger partial charge in [-0.1, -0.05) is 0 Å². The molecule has 0 amide bonds. The molecule has 0 aromatic rings. The van der Waals surface area contributed by atoms with Crippen molar-refractivity contribution in [1.82, 2.24) is 0 Å². The molecule has 2 spiro atoms. The molecule has 6 heteroatoms. The summed E-state index contributed by atoms with van der Waals surface area (Å²) in [5.41, 5.74) is 10.7. The third kappa shape index (κ3) is 2.17. The molecule has 0 bridgehead atoms. The Hall–Kier alpha value is -0.240. The van der Waals surface area contributed by atoms with Crippen molar-refractivity contribution in [3.63, 3.8) is 0 Å². The van der Waals surface area contributed by atoms with Gasteiger partial charge in [0.2, 0.25) is 0 Å². The zero-order valence-corrected chi connectivity index (χ0v) is 10.6. The Labute approximate surface area is 107 Å². The minimum atomic E-state index is -0.271. The largest absolute Gasteiger partial charge is 0.348 e. The van der Waals surface area contributed by atoms with Crippen molar-refractivity contribution < 1.29 is 18.9 Å². The van der Waals surface area contributed by atoms with Crippen LogP contribution in [-0.4, -0.2) is 50.1 Å². The van der Waals surface area contributed by atoms with E-state index in [1.165, 1.54) is 0 Å². The fourth-order valence-corrected chi connectivity index (χ4v) is 3.36. The Morgan fingerprint density at radius 2 is 1.39 bits per heavy atom. The highest BCUT2D eigenvalue weighted by Gasteiger charge is 2.53. The predicted molar refractivity (Wildman–Crippen MR) is 63.7 cm³/mol. The van der Waals surface area contributed by atoms with E-state index in [0.29, 0.717) is 26.3 Å². The minimum absolute atomic E-state index is 0.241. The van der Waals surface area contributed by atoms with Crippen LogP contribution in [0.25, 0.3) is 0 Å². The molecular weight excluding hydrogens is 236 g/mol. The van der Waals surface area contributed by atoms with Crippen molar-refractivity contribution >= 4 is 0 Å². The van der Waals surface area contributed by atoms with Gasteiger partial charge in [-0.15, -0.1) is 0 Å². The van der Waals surface area contributed by atoms with Crippen LogP contribution in [0.2, 0.25) is 0 Å². The number of hydrogen-bond acceptors (Lipinski definition) is 6. The fraction of sp³-hybridized carbons (Fsp3) is 1.00. The molecule has 0 aromatic heterocycles. The Bertz CT molecular complexity index is 288. The normalized spacial score (nSPS) is 48.3. The molecule has 6 nitrogen and oxygen atoms in total. The summed E-state index contributed by atoms with van der Waals surface area (Å²) in [6.07, 6.45) is 3.33. The highest BCUT2D eigenvalue weighted by molar-refractivity contribution is 5.01. The molecule has 104 valence electrons. The van der Waals surface area contributed by atoms with Crippen LogP contribution in [0.1, 0.15) is 25.7 Å². The van der Waals surface area contributed by atoms with Crippen LogP contribution in [-0.2, 0) is 18.9 Å². The first-order valence-corrected chi connectivity index (χ1v) is 6.68. The van der Waals surface area contributed by atoms with Crippen molar-refractivity contribution in [3.8, 4) is 0 Å². The number of rotatable bonds is 2. The van der Waals surface area contributed by atoms with Crippen molar-refractivity contribution in [3.05, 3.63) is 0 Å². The second-order valence-electron chi connectivity index (χ2n) is 5.58. The molecule has 3 aliphatic rings. The predicted octanol–water partition coefficient (Wildman–Crippen LogP) is -0.299. The van der Waals surface area contributed by atoms with Crippen LogP contribution in [0.3, 0.4) is 0 Å². The van der Waals surface area contributed by atoms with Gasteiger partial charge in [0, 0.05) is 19.5 Å². The third-order valence-corrected chi connectivity index (χ3v) is 4.12. The average Bonchev–Trinajstić information content (AvgIpc) is 2.95. The summed E-state index contributed by atoms with van der Waals surface area (Å²) < 4.78 is 23.1. The quantitative estimate of drug-likeness (QED) is 0.707. The zero-order chi connectivity index (χ0) is 12.6. The molecule has 3 fully saturated rings. The van der Waals surface area contributed by atoms with Gasteiger partial charge in [-0.3, -0.25) is 0 Å². The van der Waals surface area contributed by atoms with Gasteiger partial charge in [0.05, 0.1) is 24.4 Å². The molecule has 2 heterocycles. The Morgan fingerprint density at radius 3 is 1.78 bits per heavy atom. The molecule has 2 aliphatic heterocycles. The SMILES string of the molecule is NCC1OCC2(CCCC3(COC(CN)O3)C2)O1. The van der Waals surface area contributed by atoms with Crippen molar-refractivity contribution in [2.75, 3.05) is 26.3 Å². The maximum Gasteiger partial charge on any atom is 0.170 e. The molecule has 1 saturated carbocycles. The molecule has 0 radical (unpaired) electrons. The fourth-order valence-electron chi connectivity index (χ4n) is 3.36. The lowest BCUT2D eigenvalue weighted by molar-refractivity contribution is -0.151. The number of ether oxygens (including phenoxy) is 4. The zero-order valence-electron chi connectivity index (χ0n) is 10.6. The van der Waals surface area contributed by atoms with E-state index < -0.39 is 0 Å². The molecule has 4 unspecified atom stereocenters. The summed E-state index contributed by atoms with van der Waals surface area (Å²) in [7, 11) is 0. The summed E-state index contributed by atoms with van der Waals surface area (Å²) in [5.74, 6) is 0. The maximum atomic E-state index is 5.98. The molecule has 3 rings (SSSR count). The molecule has 0 aromatic carbocycles. The topological polar surface area (TPSA) is 89.0 Å². The van der Waals surface area contributed by atoms with Crippen LogP contribution in [0, 0.1) is 0 Å². The lowest BCUT2D eigenvalue weighted by Crippen LogP contribution is -2.49. The maximum absolute atomic E-state index is 5.98. The summed E-state index contributed by atoms with van der Waals surface area (Å²) in [5, 5.41) is 0. The smallest absolute Gasteiger partial charge is 0.170 e. The van der Waals surface area contributed by atoms with Crippen LogP contribution in [0.4, 0.5) is 0 Å². The molecule has 18 heavy (non-hydrogen) atoms. The molecule has 1 aliphatic carbocycles. The number of nitrogens with two attached hydrogens (primary N) is 2. The van der Waals surface area contributed by atoms with E-state index in [2.05, 4.69) is 0 Å². The van der Waals surface area contributed by atoms with E-state index in [-0.39, 0.29) is 23.8 Å². The summed E-state index contributed by atoms with van der Waals surface area (Å²) in [6.45, 7) is 2.01. The van der Waals surface area contributed by atoms with Crippen molar-refractivity contribution in [2.24, 2.45) is 11.5 Å². The first kappa shape index (κ1) is 12.8. The third-order valence-electron chi connectivity index (χ3n) is 4.12. The van der Waals surface area contributed by atoms with Gasteiger partial charge in [0.15, 0.2) is 12.6 Å². The van der Waals surface area contributed by atoms with Crippen LogP contribution in [0.5, 0.6) is 0 Å². The average molecular weight is 258 g/mol. The lowest BCUT2D eigenvalue weighted by Gasteiger charge is -2.41. The van der Waals surface area contributed by atoms with Gasteiger partial charge in [-0.05, 0) is 19.3 Å². The summed E-state index contributed by atoms with van der Waals surface area (Å²) in [6, 6.07) is 0. The Balaban J connectivity index is 1.69. The second kappa shape index (κ2) is 4.70. The number of hydrogen-bond donors (Lipinski definition) is 2. The molecule has 2 saturated heterocycles. The van der Waals surface area contributed by atoms with E-state index in [9.17, 15) is 0 Å². The van der Waals surface area contributed by atoms with Crippen LogP contribution < -0.4 is 11.5 Å². The standard InChI is InChI=1S/C12H22N2O4/c13-4-9-15-7-11(17-9)2-1-3-12(6-11)8-16-10(5-14)18-12/h9-10H,1-8,13-14H2. The van der Waals surface area contributed by atoms with Crippen molar-refractivity contribution in [2.45, 2.75) is 49.5 Å². The van der Waals surface area contributed by atoms with E-state index in [0.717, 1.165) is 25.7 Å². The van der Waals surface area contributed by atoms with E-state index >= 15 is 0 Å². The van der Waals surface area contributed by atoms with Crippen LogP contribution >= 0.6 is 0 Å². The lowest BCUT2D eigenvalue weighted by atomic mass is 9.76. The Kier molecular flexibility index (Phi) is 3.34. The molecular formula is C12H22N2O4. The van der Waals surface area contributed by atoms with Gasteiger partial charge in [-0.2, -0.15) is 0 Å². The van der Waals surface area contributed by atoms with Gasteiger partial charge in [0.25, 0.3) is 0 Å². The van der Waals surface area contributed by atoms with Crippen molar-refractivity contribution in [1.29, 1.82) is 0 Å². The Morgan fingerprint density at radius 1 is 0.889 bits per heavy atom. The molecule has 4 N–H and O–H groups in total. The highest BCUT2D eigenvalue weighted by atomic mass is 16.7.